The van der Waals surface area contributed by atoms with Crippen LogP contribution >= 0.6 is 0 Å². The van der Waals surface area contributed by atoms with Gasteiger partial charge in [-0.3, -0.25) is 0 Å². The molecule has 0 aromatic rings. The van der Waals surface area contributed by atoms with Crippen LogP contribution < -0.4 is 5.32 Å². The van der Waals surface area contributed by atoms with Gasteiger partial charge in [-0.15, -0.1) is 0 Å². The summed E-state index contributed by atoms with van der Waals surface area (Å²) in [6, 6.07) is 0.822. The van der Waals surface area contributed by atoms with E-state index < -0.39 is 0 Å². The predicted molar refractivity (Wildman–Crippen MR) is 51.2 cm³/mol. The number of hydrogen-bond donors (Lipinski definition) is 1. The van der Waals surface area contributed by atoms with Crippen LogP contribution in [0.2, 0.25) is 0 Å². The maximum Gasteiger partial charge on any atom is 0.0108 e. The smallest absolute Gasteiger partial charge is 0.0108 e. The van der Waals surface area contributed by atoms with Crippen LogP contribution in [-0.2, 0) is 0 Å². The molecule has 2 aliphatic heterocycles. The van der Waals surface area contributed by atoms with Gasteiger partial charge in [0.15, 0.2) is 0 Å². The molecule has 0 saturated carbocycles. The van der Waals surface area contributed by atoms with Crippen molar-refractivity contribution in [2.75, 3.05) is 26.2 Å². The van der Waals surface area contributed by atoms with E-state index in [2.05, 4.69) is 17.1 Å². The molecule has 0 radical (unpaired) electrons. The fourth-order valence-electron chi connectivity index (χ4n) is 2.54. The lowest BCUT2D eigenvalue weighted by Gasteiger charge is -2.28. The van der Waals surface area contributed by atoms with Crippen molar-refractivity contribution in [1.82, 2.24) is 10.2 Å². The highest BCUT2D eigenvalue weighted by atomic mass is 15.2. The maximum absolute atomic E-state index is 3.45. The molecule has 2 heterocycles. The van der Waals surface area contributed by atoms with Gasteiger partial charge >= 0.3 is 0 Å². The van der Waals surface area contributed by atoms with Gasteiger partial charge in [0.2, 0.25) is 0 Å². The zero-order valence-electron chi connectivity index (χ0n) is 8.05. The highest BCUT2D eigenvalue weighted by Crippen LogP contribution is 2.21. The first kappa shape index (κ1) is 8.52. The SMILES string of the molecule is C[C@@H]([C@@H]1CCNC1)N1CCCC1. The first-order valence-corrected chi connectivity index (χ1v) is 5.32. The molecule has 2 heteroatoms. The minimum Gasteiger partial charge on any atom is -0.316 e. The summed E-state index contributed by atoms with van der Waals surface area (Å²) in [6.07, 6.45) is 4.23. The van der Waals surface area contributed by atoms with Gasteiger partial charge < -0.3 is 10.2 Å². The van der Waals surface area contributed by atoms with E-state index in [1.54, 1.807) is 0 Å². The van der Waals surface area contributed by atoms with Crippen molar-refractivity contribution >= 4 is 0 Å². The van der Waals surface area contributed by atoms with E-state index in [0.29, 0.717) is 0 Å². The number of likely N-dealkylation sites (tertiary alicyclic amines) is 1. The van der Waals surface area contributed by atoms with Gasteiger partial charge in [-0.2, -0.15) is 0 Å². The Bertz CT molecular complexity index is 119. The Morgan fingerprint density at radius 2 is 2.08 bits per heavy atom. The fraction of sp³-hybridized carbons (Fsp3) is 1.00. The van der Waals surface area contributed by atoms with Crippen LogP contribution in [0.3, 0.4) is 0 Å². The van der Waals surface area contributed by atoms with Gasteiger partial charge in [0, 0.05) is 6.04 Å². The van der Waals surface area contributed by atoms with E-state index in [9.17, 15) is 0 Å². The van der Waals surface area contributed by atoms with Crippen LogP contribution in [0.5, 0.6) is 0 Å². The monoisotopic (exact) mass is 168 g/mol. The Morgan fingerprint density at radius 1 is 1.33 bits per heavy atom. The molecule has 0 spiro atoms. The zero-order valence-corrected chi connectivity index (χ0v) is 8.05. The van der Waals surface area contributed by atoms with Crippen molar-refractivity contribution in [3.05, 3.63) is 0 Å². The molecule has 0 unspecified atom stereocenters. The maximum atomic E-state index is 3.45. The zero-order chi connectivity index (χ0) is 8.39. The van der Waals surface area contributed by atoms with E-state index in [1.807, 2.05) is 0 Å². The Morgan fingerprint density at radius 3 is 2.67 bits per heavy atom. The second-order valence-electron chi connectivity index (χ2n) is 4.24. The largest absolute Gasteiger partial charge is 0.316 e. The van der Waals surface area contributed by atoms with Crippen molar-refractivity contribution in [2.24, 2.45) is 5.92 Å². The minimum absolute atomic E-state index is 0.822. The molecule has 0 aromatic heterocycles. The number of hydrogen-bond acceptors (Lipinski definition) is 2. The fourth-order valence-corrected chi connectivity index (χ4v) is 2.54. The molecule has 0 aromatic carbocycles. The molecule has 2 atom stereocenters. The third-order valence-corrected chi connectivity index (χ3v) is 3.50. The molecule has 1 N–H and O–H groups in total. The summed E-state index contributed by atoms with van der Waals surface area (Å²) >= 11 is 0. The van der Waals surface area contributed by atoms with Crippen molar-refractivity contribution < 1.29 is 0 Å². The quantitative estimate of drug-likeness (QED) is 0.664. The van der Waals surface area contributed by atoms with Crippen molar-refractivity contribution in [3.63, 3.8) is 0 Å². The standard InChI is InChI=1S/C10H20N2/c1-9(10-4-5-11-8-10)12-6-2-3-7-12/h9-11H,2-8H2,1H3/t9-,10+/m0/s1. The Labute approximate surface area is 75.3 Å². The first-order chi connectivity index (χ1) is 5.88. The Hall–Kier alpha value is -0.0800. The van der Waals surface area contributed by atoms with Crippen LogP contribution in [0.15, 0.2) is 0 Å². The average molecular weight is 168 g/mol. The molecular weight excluding hydrogens is 148 g/mol. The summed E-state index contributed by atoms with van der Waals surface area (Å²) in [5.74, 6) is 0.920. The summed E-state index contributed by atoms with van der Waals surface area (Å²) in [5, 5.41) is 3.45. The number of nitrogens with one attached hydrogen (secondary N) is 1. The minimum atomic E-state index is 0.822. The average Bonchev–Trinajstić information content (AvgIpc) is 2.77. The van der Waals surface area contributed by atoms with Crippen molar-refractivity contribution in [3.8, 4) is 0 Å². The number of nitrogens with zero attached hydrogens (tertiary/aromatic N) is 1. The van der Waals surface area contributed by atoms with Gasteiger partial charge in [-0.1, -0.05) is 0 Å². The van der Waals surface area contributed by atoms with Gasteiger partial charge in [0.1, 0.15) is 0 Å². The van der Waals surface area contributed by atoms with E-state index in [0.717, 1.165) is 12.0 Å². The Balaban J connectivity index is 1.84. The second-order valence-corrected chi connectivity index (χ2v) is 4.24. The molecule has 0 bridgehead atoms. The molecule has 0 amide bonds. The topological polar surface area (TPSA) is 15.3 Å². The lowest BCUT2D eigenvalue weighted by molar-refractivity contribution is 0.198. The van der Waals surface area contributed by atoms with Crippen LogP contribution in [0, 0.1) is 5.92 Å². The highest BCUT2D eigenvalue weighted by Gasteiger charge is 2.27. The Kier molecular flexibility index (Phi) is 2.66. The van der Waals surface area contributed by atoms with Crippen LogP contribution in [0.25, 0.3) is 0 Å². The molecule has 2 aliphatic rings. The molecule has 2 fully saturated rings. The third-order valence-electron chi connectivity index (χ3n) is 3.50. The molecular formula is C10H20N2. The number of rotatable bonds is 2. The predicted octanol–water partition coefficient (Wildman–Crippen LogP) is 1.08. The molecule has 12 heavy (non-hydrogen) atoms. The van der Waals surface area contributed by atoms with Crippen LogP contribution in [-0.4, -0.2) is 37.1 Å². The highest BCUT2D eigenvalue weighted by molar-refractivity contribution is 4.83. The normalized spacial score (nSPS) is 34.2. The van der Waals surface area contributed by atoms with E-state index in [-0.39, 0.29) is 0 Å². The van der Waals surface area contributed by atoms with Crippen molar-refractivity contribution in [2.45, 2.75) is 32.2 Å². The van der Waals surface area contributed by atoms with Gasteiger partial charge in [-0.05, 0) is 58.3 Å². The van der Waals surface area contributed by atoms with Gasteiger partial charge in [-0.25, -0.2) is 0 Å². The van der Waals surface area contributed by atoms with Gasteiger partial charge in [0.25, 0.3) is 0 Å². The lowest BCUT2D eigenvalue weighted by atomic mass is 9.99. The van der Waals surface area contributed by atoms with Crippen LogP contribution in [0.1, 0.15) is 26.2 Å². The molecule has 2 rings (SSSR count). The lowest BCUT2D eigenvalue weighted by Crippen LogP contribution is -2.37. The summed E-state index contributed by atoms with van der Waals surface area (Å²) in [4.78, 5) is 2.66. The summed E-state index contributed by atoms with van der Waals surface area (Å²) in [6.45, 7) is 7.58. The van der Waals surface area contributed by atoms with E-state index in [1.165, 1.54) is 45.4 Å². The first-order valence-electron chi connectivity index (χ1n) is 5.32. The third kappa shape index (κ3) is 1.64. The van der Waals surface area contributed by atoms with Crippen molar-refractivity contribution in [1.29, 1.82) is 0 Å². The molecule has 70 valence electrons. The van der Waals surface area contributed by atoms with E-state index >= 15 is 0 Å². The summed E-state index contributed by atoms with van der Waals surface area (Å²) in [7, 11) is 0. The van der Waals surface area contributed by atoms with Gasteiger partial charge in [0.05, 0.1) is 0 Å². The summed E-state index contributed by atoms with van der Waals surface area (Å²) < 4.78 is 0. The molecule has 2 saturated heterocycles. The van der Waals surface area contributed by atoms with Crippen LogP contribution in [0.4, 0.5) is 0 Å². The molecule has 2 nitrogen and oxygen atoms in total. The van der Waals surface area contributed by atoms with E-state index in [4.69, 9.17) is 0 Å². The molecule has 0 aliphatic carbocycles. The summed E-state index contributed by atoms with van der Waals surface area (Å²) in [5.41, 5.74) is 0. The second kappa shape index (κ2) is 3.75.